The summed E-state index contributed by atoms with van der Waals surface area (Å²) in [6, 6.07) is 8.32. The fraction of sp³-hybridized carbons (Fsp3) is 0.486. The zero-order valence-electron chi connectivity index (χ0n) is 29.8. The monoisotopic (exact) mass is 761 g/mol. The molecule has 1 aliphatic carbocycles. The molecular formula is C37H43ClF3N5O7. The van der Waals surface area contributed by atoms with E-state index in [-0.39, 0.29) is 37.4 Å². The largest absolute Gasteiger partial charge is 0.573 e. The van der Waals surface area contributed by atoms with E-state index in [1.807, 2.05) is 6.92 Å². The maximum atomic E-state index is 14.6. The highest BCUT2D eigenvalue weighted by atomic mass is 35.5. The van der Waals surface area contributed by atoms with Crippen LogP contribution < -0.4 is 26.2 Å². The first-order valence-electron chi connectivity index (χ1n) is 17.4. The first-order chi connectivity index (χ1) is 24.9. The fourth-order valence-corrected chi connectivity index (χ4v) is 6.54. The molecular weight excluding hydrogens is 719 g/mol. The third-order valence-electron chi connectivity index (χ3n) is 9.11. The molecule has 53 heavy (non-hydrogen) atoms. The van der Waals surface area contributed by atoms with Gasteiger partial charge in [0.15, 0.2) is 0 Å². The van der Waals surface area contributed by atoms with Gasteiger partial charge in [0.1, 0.15) is 23.4 Å². The maximum absolute atomic E-state index is 14.6. The van der Waals surface area contributed by atoms with E-state index in [1.165, 1.54) is 17.0 Å². The number of carbonyl (C=O) groups excluding carboxylic acids is 5. The summed E-state index contributed by atoms with van der Waals surface area (Å²) >= 11 is 6.22. The molecule has 4 atom stereocenters. The molecule has 12 nitrogen and oxygen atoms in total. The molecule has 5 rings (SSSR count). The Kier molecular flexibility index (Phi) is 11.8. The van der Waals surface area contributed by atoms with Crippen molar-refractivity contribution in [1.29, 1.82) is 0 Å². The van der Waals surface area contributed by atoms with Crippen LogP contribution in [0.3, 0.4) is 0 Å². The lowest BCUT2D eigenvalue weighted by Gasteiger charge is -2.35. The van der Waals surface area contributed by atoms with Crippen LogP contribution in [0.1, 0.15) is 70.9 Å². The van der Waals surface area contributed by atoms with E-state index in [2.05, 4.69) is 26.2 Å². The summed E-state index contributed by atoms with van der Waals surface area (Å²) < 4.78 is 42.4. The van der Waals surface area contributed by atoms with Crippen LogP contribution in [0, 0.1) is 5.41 Å². The van der Waals surface area contributed by atoms with Crippen LogP contribution in [-0.4, -0.2) is 77.0 Å². The molecule has 0 radical (unpaired) electrons. The van der Waals surface area contributed by atoms with Crippen LogP contribution >= 0.6 is 11.6 Å². The molecule has 0 unspecified atom stereocenters. The van der Waals surface area contributed by atoms with Gasteiger partial charge < -0.3 is 25.6 Å². The maximum Gasteiger partial charge on any atom is 0.573 e. The molecule has 4 amide bonds. The van der Waals surface area contributed by atoms with Gasteiger partial charge in [0.25, 0.3) is 5.91 Å². The molecule has 286 valence electrons. The van der Waals surface area contributed by atoms with E-state index in [0.29, 0.717) is 22.7 Å². The Labute approximate surface area is 310 Å². The Hall–Kier alpha value is -4.63. The SMILES string of the molecule is CCC[C@H](NC(=O)[C@@H]1C[C@]2(C=C(c3cccc(Cl)c3)NO2)CN1C(=O)[C@@H](NC(=O)Cc1cccc(OC(F)(F)F)c1)C(C)(C)C)C(=O)C(=O)NC1CC1. The number of Topliss-reactive ketones (excluding diaryl/α,β-unsaturated/α-hetero) is 1. The van der Waals surface area contributed by atoms with Gasteiger partial charge in [0.2, 0.25) is 23.5 Å². The molecule has 1 saturated carbocycles. The summed E-state index contributed by atoms with van der Waals surface area (Å²) in [7, 11) is 0. The topological polar surface area (TPSA) is 155 Å². The first-order valence-corrected chi connectivity index (χ1v) is 17.8. The zero-order chi connectivity index (χ0) is 38.7. The Bertz CT molecular complexity index is 1780. The second-order valence-electron chi connectivity index (χ2n) is 14.7. The predicted molar refractivity (Wildman–Crippen MR) is 188 cm³/mol. The van der Waals surface area contributed by atoms with Crippen molar-refractivity contribution >= 4 is 46.7 Å². The van der Waals surface area contributed by atoms with Crippen molar-refractivity contribution < 1.29 is 46.7 Å². The van der Waals surface area contributed by atoms with Gasteiger partial charge in [-0.1, -0.05) is 70.0 Å². The van der Waals surface area contributed by atoms with Crippen LogP contribution in [0.25, 0.3) is 5.70 Å². The summed E-state index contributed by atoms with van der Waals surface area (Å²) in [5.41, 5.74) is 2.21. The number of hydroxylamine groups is 1. The number of ketones is 1. The predicted octanol–water partition coefficient (Wildman–Crippen LogP) is 4.36. The summed E-state index contributed by atoms with van der Waals surface area (Å²) in [4.78, 5) is 75.2. The van der Waals surface area contributed by atoms with Gasteiger partial charge in [-0.3, -0.25) is 34.3 Å². The molecule has 1 spiro atoms. The quantitative estimate of drug-likeness (QED) is 0.220. The van der Waals surface area contributed by atoms with Crippen LogP contribution in [0.2, 0.25) is 5.02 Å². The standard InChI is InChI=1S/C37H43ClF3N5O7/c1-5-8-26(30(48)33(50)42-24-13-14-24)43-32(49)28-19-36(18-27(45-53-36)22-10-7-11-23(38)17-22)20-46(28)34(51)31(35(2,3)4)44-29(47)16-21-9-6-12-25(15-21)52-37(39,40)41/h6-7,9-12,15,17-18,24,26,28,31,45H,5,8,13-14,16,19-20H2,1-4H3,(H,42,50)(H,43,49)(H,44,47)/t26-,28-,31+,36+/m0/s1. The van der Waals surface area contributed by atoms with Crippen molar-refractivity contribution in [2.24, 2.45) is 5.41 Å². The summed E-state index contributed by atoms with van der Waals surface area (Å²) in [5.74, 6) is -4.04. The number of rotatable bonds is 13. The van der Waals surface area contributed by atoms with Gasteiger partial charge >= 0.3 is 6.36 Å². The lowest BCUT2D eigenvalue weighted by Crippen LogP contribution is -2.59. The van der Waals surface area contributed by atoms with Gasteiger partial charge in [-0.05, 0) is 60.6 Å². The Balaban J connectivity index is 1.41. The number of nitrogens with zero attached hydrogens (tertiary/aromatic N) is 1. The van der Waals surface area contributed by atoms with Crippen molar-refractivity contribution in [3.63, 3.8) is 0 Å². The van der Waals surface area contributed by atoms with Gasteiger partial charge in [0, 0.05) is 23.0 Å². The van der Waals surface area contributed by atoms with Crippen LogP contribution in [-0.2, 0) is 35.2 Å². The molecule has 4 N–H and O–H groups in total. The third-order valence-corrected chi connectivity index (χ3v) is 9.34. The number of carbonyl (C=O) groups is 5. The number of hydrogen-bond acceptors (Lipinski definition) is 8. The van der Waals surface area contributed by atoms with Crippen molar-refractivity contribution in [3.05, 3.63) is 70.8 Å². The number of halogens is 4. The fourth-order valence-electron chi connectivity index (χ4n) is 6.35. The first kappa shape index (κ1) is 39.6. The number of hydrogen-bond donors (Lipinski definition) is 4. The van der Waals surface area contributed by atoms with E-state index in [4.69, 9.17) is 16.4 Å². The molecule has 1 saturated heterocycles. The van der Waals surface area contributed by atoms with E-state index in [0.717, 1.165) is 25.0 Å². The minimum atomic E-state index is -4.92. The Morgan fingerprint density at radius 1 is 1.06 bits per heavy atom. The van der Waals surface area contributed by atoms with Crippen LogP contribution in [0.5, 0.6) is 5.75 Å². The van der Waals surface area contributed by atoms with E-state index >= 15 is 0 Å². The molecule has 2 aliphatic heterocycles. The Morgan fingerprint density at radius 3 is 2.42 bits per heavy atom. The smallest absolute Gasteiger partial charge is 0.406 e. The van der Waals surface area contributed by atoms with Crippen LogP contribution in [0.4, 0.5) is 13.2 Å². The second-order valence-corrected chi connectivity index (χ2v) is 15.2. The highest BCUT2D eigenvalue weighted by molar-refractivity contribution is 6.38. The van der Waals surface area contributed by atoms with Gasteiger partial charge in [0.05, 0.1) is 24.7 Å². The highest BCUT2D eigenvalue weighted by Crippen LogP contribution is 2.39. The number of alkyl halides is 3. The van der Waals surface area contributed by atoms with E-state index in [1.54, 1.807) is 51.1 Å². The lowest BCUT2D eigenvalue weighted by molar-refractivity contribution is -0.274. The van der Waals surface area contributed by atoms with Gasteiger partial charge in [-0.15, -0.1) is 13.2 Å². The number of amides is 4. The molecule has 0 bridgehead atoms. The van der Waals surface area contributed by atoms with Crippen molar-refractivity contribution in [3.8, 4) is 5.75 Å². The molecule has 0 aromatic heterocycles. The number of likely N-dealkylation sites (tertiary alicyclic amines) is 1. The van der Waals surface area contributed by atoms with Gasteiger partial charge in [-0.25, -0.2) is 0 Å². The molecule has 2 heterocycles. The molecule has 2 aromatic carbocycles. The summed E-state index contributed by atoms with van der Waals surface area (Å²) in [5, 5.41) is 8.58. The molecule has 16 heteroatoms. The molecule has 2 aromatic rings. The van der Waals surface area contributed by atoms with E-state index in [9.17, 15) is 37.1 Å². The van der Waals surface area contributed by atoms with Crippen molar-refractivity contribution in [1.82, 2.24) is 26.3 Å². The minimum Gasteiger partial charge on any atom is -0.406 e. The number of benzene rings is 2. The lowest BCUT2D eigenvalue weighted by atomic mass is 9.85. The van der Waals surface area contributed by atoms with Crippen molar-refractivity contribution in [2.75, 3.05) is 6.54 Å². The number of nitrogens with one attached hydrogen (secondary N) is 4. The zero-order valence-corrected chi connectivity index (χ0v) is 30.5. The minimum absolute atomic E-state index is 0.0419. The Morgan fingerprint density at radius 2 is 1.77 bits per heavy atom. The molecule has 2 fully saturated rings. The normalized spacial score (nSPS) is 20.9. The third kappa shape index (κ3) is 10.3. The van der Waals surface area contributed by atoms with Gasteiger partial charge in [-0.2, -0.15) is 0 Å². The van der Waals surface area contributed by atoms with Crippen molar-refractivity contribution in [2.45, 2.75) is 102 Å². The second kappa shape index (κ2) is 15.8. The highest BCUT2D eigenvalue weighted by Gasteiger charge is 2.54. The average molecular weight is 762 g/mol. The molecule has 3 aliphatic rings. The van der Waals surface area contributed by atoms with E-state index < -0.39 is 70.7 Å². The summed E-state index contributed by atoms with van der Waals surface area (Å²) in [6.45, 7) is 6.83. The number of ether oxygens (including phenoxy) is 1. The summed E-state index contributed by atoms with van der Waals surface area (Å²) in [6.07, 6.45) is -1.37. The van der Waals surface area contributed by atoms with Crippen LogP contribution in [0.15, 0.2) is 54.6 Å². The average Bonchev–Trinajstić information content (AvgIpc) is 3.66.